The van der Waals surface area contributed by atoms with Crippen LogP contribution < -0.4 is 10.6 Å². The zero-order valence-electron chi connectivity index (χ0n) is 33.3. The number of aliphatic hydroxyl groups is 1. The molecule has 0 bridgehead atoms. The van der Waals surface area contributed by atoms with E-state index in [0.717, 1.165) is 16.7 Å². The number of carbonyl (C=O) groups is 4. The summed E-state index contributed by atoms with van der Waals surface area (Å²) in [5.74, 6) is -1.45. The van der Waals surface area contributed by atoms with E-state index in [1.165, 1.54) is 0 Å². The number of amides is 4. The number of hydrogen-bond donors (Lipinski definition) is 3. The largest absolute Gasteiger partial charge is 0.445 e. The lowest BCUT2D eigenvalue weighted by atomic mass is 9.88. The number of aliphatic hydroxyl groups excluding tert-OH is 1. The van der Waals surface area contributed by atoms with E-state index in [4.69, 9.17) is 9.47 Å². The first kappa shape index (κ1) is 42.8. The van der Waals surface area contributed by atoms with Gasteiger partial charge in [0.2, 0.25) is 11.8 Å². The third-order valence-corrected chi connectivity index (χ3v) is 9.91. The van der Waals surface area contributed by atoms with Crippen molar-refractivity contribution in [2.75, 3.05) is 19.6 Å². The molecule has 1 fully saturated rings. The second kappa shape index (κ2) is 20.7. The van der Waals surface area contributed by atoms with Crippen molar-refractivity contribution in [2.45, 2.75) is 110 Å². The Kier molecular flexibility index (Phi) is 16.1. The third-order valence-electron chi connectivity index (χ3n) is 9.91. The summed E-state index contributed by atoms with van der Waals surface area (Å²) in [7, 11) is 0. The summed E-state index contributed by atoms with van der Waals surface area (Å²) in [6, 6.07) is 27.0. The van der Waals surface area contributed by atoms with Crippen LogP contribution in [0.15, 0.2) is 91.0 Å². The molecular weight excluding hydrogens is 697 g/mol. The van der Waals surface area contributed by atoms with E-state index < -0.39 is 35.8 Å². The van der Waals surface area contributed by atoms with Crippen LogP contribution >= 0.6 is 0 Å². The smallest absolute Gasteiger partial charge is 0.410 e. The van der Waals surface area contributed by atoms with E-state index in [2.05, 4.69) is 10.6 Å². The zero-order valence-corrected chi connectivity index (χ0v) is 33.3. The Labute approximate surface area is 326 Å². The molecule has 3 aromatic carbocycles. The highest BCUT2D eigenvalue weighted by Gasteiger charge is 2.36. The lowest BCUT2D eigenvalue weighted by molar-refractivity contribution is -0.140. The monoisotopic (exact) mass is 756 g/mol. The quantitative estimate of drug-likeness (QED) is 0.151. The number of ether oxygens (including phenoxy) is 2. The predicted octanol–water partition coefficient (Wildman–Crippen LogP) is 6.52. The Bertz CT molecular complexity index is 1640. The molecule has 11 nitrogen and oxygen atoms in total. The van der Waals surface area contributed by atoms with E-state index in [0.29, 0.717) is 45.3 Å². The molecule has 1 heterocycles. The number of nitrogens with zero attached hydrogens (tertiary/aromatic N) is 2. The first-order chi connectivity index (χ1) is 26.2. The summed E-state index contributed by atoms with van der Waals surface area (Å²) in [6.07, 6.45) is -0.272. The van der Waals surface area contributed by atoms with Crippen LogP contribution in [0, 0.1) is 11.8 Å². The molecule has 55 heavy (non-hydrogen) atoms. The molecule has 4 rings (SSSR count). The summed E-state index contributed by atoms with van der Waals surface area (Å²) in [5.41, 5.74) is 2.00. The van der Waals surface area contributed by atoms with Crippen LogP contribution in [0.3, 0.4) is 0 Å². The van der Waals surface area contributed by atoms with Gasteiger partial charge in [-0.25, -0.2) is 9.59 Å². The topological polar surface area (TPSA) is 138 Å². The second-order valence-corrected chi connectivity index (χ2v) is 15.7. The van der Waals surface area contributed by atoms with Crippen LogP contribution in [0.25, 0.3) is 0 Å². The average Bonchev–Trinajstić information content (AvgIpc) is 3.16. The molecule has 298 valence electrons. The van der Waals surface area contributed by atoms with Crippen molar-refractivity contribution in [3.8, 4) is 0 Å². The second-order valence-electron chi connectivity index (χ2n) is 15.7. The van der Waals surface area contributed by atoms with Gasteiger partial charge in [-0.15, -0.1) is 0 Å². The molecule has 11 heteroatoms. The van der Waals surface area contributed by atoms with Crippen molar-refractivity contribution in [1.29, 1.82) is 0 Å². The summed E-state index contributed by atoms with van der Waals surface area (Å²) in [4.78, 5) is 57.7. The number of carbonyl (C=O) groups excluding carboxylic acids is 4. The van der Waals surface area contributed by atoms with Crippen molar-refractivity contribution in [3.63, 3.8) is 0 Å². The number of alkyl carbamates (subject to hydrolysis) is 1. The van der Waals surface area contributed by atoms with Gasteiger partial charge in [0.15, 0.2) is 0 Å². The number of hydrogen-bond acceptors (Lipinski definition) is 7. The maximum atomic E-state index is 14.2. The van der Waals surface area contributed by atoms with Gasteiger partial charge in [-0.3, -0.25) is 9.59 Å². The standard InChI is InChI=1S/C44H60N4O7/c1-7-48(43(53)54-30-34-21-15-10-16-22-34)36-23-25-47(26-24-36)41(51)39(31(2)3)46-40(50)35(27-32-17-11-8-12-18-32)29-38(49)37(28-33-19-13-9-14-20-33)45-42(52)55-44(4,5)6/h8-22,31,35-39,49H,7,23-30H2,1-6H3,(H,45,52)(H,46,50). The number of piperidine rings is 1. The Hall–Kier alpha value is -4.90. The van der Waals surface area contributed by atoms with Crippen molar-refractivity contribution in [2.24, 2.45) is 11.8 Å². The molecule has 0 saturated carbocycles. The highest BCUT2D eigenvalue weighted by atomic mass is 16.6. The molecule has 0 radical (unpaired) electrons. The lowest BCUT2D eigenvalue weighted by Gasteiger charge is -2.39. The molecule has 4 amide bonds. The number of likely N-dealkylation sites (tertiary alicyclic amines) is 1. The summed E-state index contributed by atoms with van der Waals surface area (Å²) in [6.45, 7) is 12.6. The predicted molar refractivity (Wildman–Crippen MR) is 213 cm³/mol. The van der Waals surface area contributed by atoms with Crippen molar-refractivity contribution in [1.82, 2.24) is 20.4 Å². The minimum absolute atomic E-state index is 0.0334. The average molecular weight is 757 g/mol. The fraction of sp³-hybridized carbons (Fsp3) is 0.500. The van der Waals surface area contributed by atoms with Crippen molar-refractivity contribution < 1.29 is 33.8 Å². The number of benzene rings is 3. The molecular formula is C44H60N4O7. The van der Waals surface area contributed by atoms with Gasteiger partial charge in [0.05, 0.1) is 12.1 Å². The first-order valence-corrected chi connectivity index (χ1v) is 19.6. The van der Waals surface area contributed by atoms with Gasteiger partial charge in [-0.1, -0.05) is 105 Å². The zero-order chi connectivity index (χ0) is 40.0. The normalized spacial score (nSPS) is 15.7. The molecule has 0 aliphatic carbocycles. The van der Waals surface area contributed by atoms with Gasteiger partial charge in [-0.2, -0.15) is 0 Å². The molecule has 4 unspecified atom stereocenters. The molecule has 1 aliphatic rings. The van der Waals surface area contributed by atoms with Gasteiger partial charge in [0.25, 0.3) is 0 Å². The highest BCUT2D eigenvalue weighted by molar-refractivity contribution is 5.89. The van der Waals surface area contributed by atoms with Crippen LogP contribution in [0.5, 0.6) is 0 Å². The van der Waals surface area contributed by atoms with E-state index in [-0.39, 0.29) is 42.9 Å². The number of rotatable bonds is 16. The lowest BCUT2D eigenvalue weighted by Crippen LogP contribution is -2.56. The summed E-state index contributed by atoms with van der Waals surface area (Å²) >= 11 is 0. The van der Waals surface area contributed by atoms with E-state index >= 15 is 0 Å². The Balaban J connectivity index is 1.44. The maximum absolute atomic E-state index is 14.2. The molecule has 1 aliphatic heterocycles. The van der Waals surface area contributed by atoms with Gasteiger partial charge >= 0.3 is 12.2 Å². The molecule has 0 aromatic heterocycles. The van der Waals surface area contributed by atoms with E-state index in [1.54, 1.807) is 30.6 Å². The molecule has 0 spiro atoms. The van der Waals surface area contributed by atoms with Gasteiger partial charge in [0.1, 0.15) is 18.2 Å². The van der Waals surface area contributed by atoms with Crippen LogP contribution in [0.2, 0.25) is 0 Å². The molecule has 3 aromatic rings. The molecule has 1 saturated heterocycles. The maximum Gasteiger partial charge on any atom is 0.410 e. The molecule has 3 N–H and O–H groups in total. The fourth-order valence-electron chi connectivity index (χ4n) is 6.97. The number of nitrogens with one attached hydrogen (secondary N) is 2. The van der Waals surface area contributed by atoms with Crippen molar-refractivity contribution >= 4 is 24.0 Å². The molecule has 4 atom stereocenters. The Morgan fingerprint density at radius 1 is 0.818 bits per heavy atom. The fourth-order valence-corrected chi connectivity index (χ4v) is 6.97. The van der Waals surface area contributed by atoms with E-state index in [9.17, 15) is 24.3 Å². The van der Waals surface area contributed by atoms with Gasteiger partial charge < -0.3 is 35.0 Å². The van der Waals surface area contributed by atoms with Crippen LogP contribution in [0.4, 0.5) is 9.59 Å². The Morgan fingerprint density at radius 3 is 1.85 bits per heavy atom. The van der Waals surface area contributed by atoms with Gasteiger partial charge in [-0.05, 0) is 82.4 Å². The van der Waals surface area contributed by atoms with Crippen LogP contribution in [-0.2, 0) is 38.5 Å². The minimum atomic E-state index is -1.11. The summed E-state index contributed by atoms with van der Waals surface area (Å²) < 4.78 is 11.1. The van der Waals surface area contributed by atoms with Crippen LogP contribution in [-0.4, -0.2) is 88.4 Å². The van der Waals surface area contributed by atoms with Crippen LogP contribution in [0.1, 0.15) is 77.5 Å². The SMILES string of the molecule is CCN(C(=O)OCc1ccccc1)C1CCN(C(=O)C(NC(=O)C(Cc2ccccc2)CC(O)C(Cc2ccccc2)NC(=O)OC(C)(C)C)C(C)C)CC1. The highest BCUT2D eigenvalue weighted by Crippen LogP contribution is 2.23. The van der Waals surface area contributed by atoms with Gasteiger partial charge in [0, 0.05) is 31.6 Å². The Morgan fingerprint density at radius 2 is 1.35 bits per heavy atom. The third kappa shape index (κ3) is 13.7. The minimum Gasteiger partial charge on any atom is -0.445 e. The first-order valence-electron chi connectivity index (χ1n) is 19.6. The van der Waals surface area contributed by atoms with E-state index in [1.807, 2.05) is 112 Å². The van der Waals surface area contributed by atoms with Crippen molar-refractivity contribution in [3.05, 3.63) is 108 Å². The summed E-state index contributed by atoms with van der Waals surface area (Å²) in [5, 5.41) is 17.6.